The van der Waals surface area contributed by atoms with Crippen LogP contribution in [0.25, 0.3) is 0 Å². The van der Waals surface area contributed by atoms with E-state index in [9.17, 15) is 4.79 Å². The zero-order valence-corrected chi connectivity index (χ0v) is 11.5. The van der Waals surface area contributed by atoms with Gasteiger partial charge in [0.2, 0.25) is 0 Å². The van der Waals surface area contributed by atoms with Crippen molar-refractivity contribution in [3.8, 4) is 0 Å². The SMILES string of the molecule is O=C(NCCC1CCCN1)c1ccc(Cl)c(Cl)c1. The smallest absolute Gasteiger partial charge is 0.251 e. The fraction of sp³-hybridized carbons (Fsp3) is 0.462. The molecule has 1 aromatic carbocycles. The van der Waals surface area contributed by atoms with E-state index in [0.717, 1.165) is 13.0 Å². The number of hydrogen-bond acceptors (Lipinski definition) is 2. The van der Waals surface area contributed by atoms with Crippen molar-refractivity contribution in [2.45, 2.75) is 25.3 Å². The largest absolute Gasteiger partial charge is 0.352 e. The highest BCUT2D eigenvalue weighted by atomic mass is 35.5. The maximum absolute atomic E-state index is 11.8. The highest BCUT2D eigenvalue weighted by molar-refractivity contribution is 6.42. The van der Waals surface area contributed by atoms with E-state index < -0.39 is 0 Å². The van der Waals surface area contributed by atoms with E-state index in [1.54, 1.807) is 18.2 Å². The van der Waals surface area contributed by atoms with Gasteiger partial charge < -0.3 is 10.6 Å². The van der Waals surface area contributed by atoms with Crippen LogP contribution in [-0.4, -0.2) is 25.0 Å². The third-order valence-corrected chi connectivity index (χ3v) is 3.86. The van der Waals surface area contributed by atoms with E-state index in [0.29, 0.717) is 28.2 Å². The quantitative estimate of drug-likeness (QED) is 0.894. The van der Waals surface area contributed by atoms with Gasteiger partial charge in [-0.25, -0.2) is 0 Å². The summed E-state index contributed by atoms with van der Waals surface area (Å²) in [4.78, 5) is 11.8. The maximum atomic E-state index is 11.8. The molecule has 0 radical (unpaired) electrons. The lowest BCUT2D eigenvalue weighted by molar-refractivity contribution is 0.0952. The molecule has 0 spiro atoms. The molecular weight excluding hydrogens is 271 g/mol. The fourth-order valence-corrected chi connectivity index (χ4v) is 2.40. The molecule has 3 nitrogen and oxygen atoms in total. The van der Waals surface area contributed by atoms with Crippen molar-refractivity contribution in [2.24, 2.45) is 0 Å². The summed E-state index contributed by atoms with van der Waals surface area (Å²) in [6, 6.07) is 5.45. The molecule has 1 aliphatic rings. The Bertz CT molecular complexity index is 431. The van der Waals surface area contributed by atoms with Crippen LogP contribution in [0.2, 0.25) is 10.0 Å². The molecule has 1 fully saturated rings. The van der Waals surface area contributed by atoms with Gasteiger partial charge in [-0.1, -0.05) is 23.2 Å². The third kappa shape index (κ3) is 3.61. The lowest BCUT2D eigenvalue weighted by atomic mass is 10.1. The molecule has 1 amide bonds. The third-order valence-electron chi connectivity index (χ3n) is 3.12. The summed E-state index contributed by atoms with van der Waals surface area (Å²) in [5.41, 5.74) is 0.545. The minimum atomic E-state index is -0.105. The van der Waals surface area contributed by atoms with Gasteiger partial charge in [0.15, 0.2) is 0 Å². The average molecular weight is 287 g/mol. The number of nitrogens with one attached hydrogen (secondary N) is 2. The van der Waals surface area contributed by atoms with Gasteiger partial charge in [0.1, 0.15) is 0 Å². The van der Waals surface area contributed by atoms with E-state index in [1.807, 2.05) is 0 Å². The fourth-order valence-electron chi connectivity index (χ4n) is 2.10. The van der Waals surface area contributed by atoms with Gasteiger partial charge in [-0.15, -0.1) is 0 Å². The van der Waals surface area contributed by atoms with Crippen molar-refractivity contribution in [3.05, 3.63) is 33.8 Å². The molecular formula is C13H16Cl2N2O. The van der Waals surface area contributed by atoms with Crippen molar-refractivity contribution in [2.75, 3.05) is 13.1 Å². The first-order chi connectivity index (χ1) is 8.66. The Kier molecular flexibility index (Phi) is 4.87. The van der Waals surface area contributed by atoms with Crippen molar-refractivity contribution >= 4 is 29.1 Å². The second-order valence-corrected chi connectivity index (χ2v) is 5.28. The Morgan fingerprint density at radius 1 is 1.39 bits per heavy atom. The van der Waals surface area contributed by atoms with Gasteiger partial charge in [0.05, 0.1) is 10.0 Å². The molecule has 2 N–H and O–H groups in total. The number of carbonyl (C=O) groups is 1. The second kappa shape index (κ2) is 6.41. The van der Waals surface area contributed by atoms with Gasteiger partial charge in [-0.05, 0) is 44.0 Å². The zero-order valence-electron chi connectivity index (χ0n) is 10.0. The summed E-state index contributed by atoms with van der Waals surface area (Å²) in [6.45, 7) is 1.77. The highest BCUT2D eigenvalue weighted by Gasteiger charge is 2.14. The summed E-state index contributed by atoms with van der Waals surface area (Å²) in [5, 5.41) is 7.15. The maximum Gasteiger partial charge on any atom is 0.251 e. The number of amides is 1. The van der Waals surface area contributed by atoms with Gasteiger partial charge in [0.25, 0.3) is 5.91 Å². The van der Waals surface area contributed by atoms with Gasteiger partial charge in [-0.2, -0.15) is 0 Å². The topological polar surface area (TPSA) is 41.1 Å². The average Bonchev–Trinajstić information content (AvgIpc) is 2.85. The van der Waals surface area contributed by atoms with Crippen molar-refractivity contribution in [1.29, 1.82) is 0 Å². The molecule has 1 aromatic rings. The van der Waals surface area contributed by atoms with Crippen LogP contribution >= 0.6 is 23.2 Å². The number of benzene rings is 1. The molecule has 1 saturated heterocycles. The summed E-state index contributed by atoms with van der Waals surface area (Å²) < 4.78 is 0. The number of halogens is 2. The van der Waals surface area contributed by atoms with Crippen LogP contribution in [0.3, 0.4) is 0 Å². The van der Waals surface area contributed by atoms with Crippen LogP contribution in [0, 0.1) is 0 Å². The molecule has 2 rings (SSSR count). The lowest BCUT2D eigenvalue weighted by Crippen LogP contribution is -2.30. The predicted molar refractivity (Wildman–Crippen MR) is 74.4 cm³/mol. The zero-order chi connectivity index (χ0) is 13.0. The Balaban J connectivity index is 1.81. The first kappa shape index (κ1) is 13.7. The number of carbonyl (C=O) groups excluding carboxylic acids is 1. The summed E-state index contributed by atoms with van der Waals surface area (Å²) in [5.74, 6) is -0.105. The Hall–Kier alpha value is -0.770. The molecule has 1 atom stereocenters. The van der Waals surface area contributed by atoms with E-state index >= 15 is 0 Å². The molecule has 1 unspecified atom stereocenters. The first-order valence-corrected chi connectivity index (χ1v) is 6.89. The van der Waals surface area contributed by atoms with Crippen LogP contribution in [-0.2, 0) is 0 Å². The summed E-state index contributed by atoms with van der Waals surface area (Å²) >= 11 is 11.7. The Morgan fingerprint density at radius 2 is 2.22 bits per heavy atom. The lowest BCUT2D eigenvalue weighted by Gasteiger charge is -2.11. The second-order valence-electron chi connectivity index (χ2n) is 4.47. The van der Waals surface area contributed by atoms with Crippen LogP contribution in [0.15, 0.2) is 18.2 Å². The van der Waals surface area contributed by atoms with Gasteiger partial charge in [-0.3, -0.25) is 4.79 Å². The van der Waals surface area contributed by atoms with Crippen molar-refractivity contribution in [3.63, 3.8) is 0 Å². The number of rotatable bonds is 4. The molecule has 0 bridgehead atoms. The molecule has 1 aliphatic heterocycles. The van der Waals surface area contributed by atoms with E-state index in [-0.39, 0.29) is 5.91 Å². The molecule has 1 heterocycles. The standard InChI is InChI=1S/C13H16Cl2N2O/c14-11-4-3-9(8-12(11)15)13(18)17-7-5-10-2-1-6-16-10/h3-4,8,10,16H,1-2,5-7H2,(H,17,18). The minimum Gasteiger partial charge on any atom is -0.352 e. The highest BCUT2D eigenvalue weighted by Crippen LogP contribution is 2.22. The molecule has 0 aromatic heterocycles. The monoisotopic (exact) mass is 286 g/mol. The van der Waals surface area contributed by atoms with Crippen LogP contribution in [0.1, 0.15) is 29.6 Å². The normalized spacial score (nSPS) is 18.9. The van der Waals surface area contributed by atoms with E-state index in [4.69, 9.17) is 23.2 Å². The van der Waals surface area contributed by atoms with Gasteiger partial charge >= 0.3 is 0 Å². The molecule has 0 saturated carbocycles. The van der Waals surface area contributed by atoms with Crippen LogP contribution < -0.4 is 10.6 Å². The van der Waals surface area contributed by atoms with Gasteiger partial charge in [0, 0.05) is 18.2 Å². The Morgan fingerprint density at radius 3 is 2.89 bits per heavy atom. The summed E-state index contributed by atoms with van der Waals surface area (Å²) in [7, 11) is 0. The Labute approximate surface area is 117 Å². The number of hydrogen-bond donors (Lipinski definition) is 2. The minimum absolute atomic E-state index is 0.105. The molecule has 18 heavy (non-hydrogen) atoms. The van der Waals surface area contributed by atoms with Crippen LogP contribution in [0.4, 0.5) is 0 Å². The van der Waals surface area contributed by atoms with Crippen molar-refractivity contribution < 1.29 is 4.79 Å². The van der Waals surface area contributed by atoms with Crippen molar-refractivity contribution in [1.82, 2.24) is 10.6 Å². The molecule has 0 aliphatic carbocycles. The molecule has 98 valence electrons. The van der Waals surface area contributed by atoms with E-state index in [1.165, 1.54) is 12.8 Å². The van der Waals surface area contributed by atoms with E-state index in [2.05, 4.69) is 10.6 Å². The first-order valence-electron chi connectivity index (χ1n) is 6.13. The van der Waals surface area contributed by atoms with Crippen LogP contribution in [0.5, 0.6) is 0 Å². The summed E-state index contributed by atoms with van der Waals surface area (Å²) in [6.07, 6.45) is 3.39. The predicted octanol–water partition coefficient (Wildman–Crippen LogP) is 2.87. The molecule has 5 heteroatoms.